The number of methoxy groups -OCH3 is 1. The van der Waals surface area contributed by atoms with E-state index in [2.05, 4.69) is 38.2 Å². The van der Waals surface area contributed by atoms with E-state index in [0.29, 0.717) is 0 Å². The van der Waals surface area contributed by atoms with Crippen LogP contribution in [0.25, 0.3) is 0 Å². The Labute approximate surface area is 92.6 Å². The van der Waals surface area contributed by atoms with Gasteiger partial charge in [-0.3, -0.25) is 0 Å². The maximum Gasteiger partial charge on any atom is 0.118 e. The molecule has 15 heavy (non-hydrogen) atoms. The molecular weight excluding hydrogens is 186 g/mol. The zero-order valence-corrected chi connectivity index (χ0v) is 10.1. The summed E-state index contributed by atoms with van der Waals surface area (Å²) in [5, 5.41) is 3.52. The first-order valence-corrected chi connectivity index (χ1v) is 5.45. The molecule has 0 bridgehead atoms. The maximum atomic E-state index is 5.12. The molecule has 0 saturated carbocycles. The van der Waals surface area contributed by atoms with Crippen molar-refractivity contribution in [2.24, 2.45) is 0 Å². The van der Waals surface area contributed by atoms with E-state index >= 15 is 0 Å². The topological polar surface area (TPSA) is 21.3 Å². The Hall–Kier alpha value is -1.02. The van der Waals surface area contributed by atoms with Crippen molar-refractivity contribution in [2.75, 3.05) is 7.11 Å². The molecule has 1 N–H and O–H groups in total. The smallest absolute Gasteiger partial charge is 0.118 e. The van der Waals surface area contributed by atoms with Gasteiger partial charge < -0.3 is 10.1 Å². The highest BCUT2D eigenvalue weighted by Crippen LogP contribution is 2.13. The van der Waals surface area contributed by atoms with Gasteiger partial charge >= 0.3 is 0 Å². The fraction of sp³-hybridized carbons (Fsp3) is 0.538. The van der Waals surface area contributed by atoms with Crippen molar-refractivity contribution in [1.82, 2.24) is 5.32 Å². The minimum Gasteiger partial charge on any atom is -0.497 e. The predicted molar refractivity (Wildman–Crippen MR) is 64.2 cm³/mol. The fourth-order valence-corrected chi connectivity index (χ4v) is 1.21. The minimum absolute atomic E-state index is 0.208. The normalized spacial score (nSPS) is 11.5. The number of nitrogens with one attached hydrogen (secondary N) is 1. The summed E-state index contributed by atoms with van der Waals surface area (Å²) < 4.78 is 5.12. The average Bonchev–Trinajstić information content (AvgIpc) is 2.27. The van der Waals surface area contributed by atoms with Gasteiger partial charge in [0, 0.05) is 12.1 Å². The van der Waals surface area contributed by atoms with Crippen LogP contribution in [0, 0.1) is 0 Å². The third kappa shape index (κ3) is 3.92. The van der Waals surface area contributed by atoms with Gasteiger partial charge in [-0.15, -0.1) is 0 Å². The van der Waals surface area contributed by atoms with Gasteiger partial charge in [-0.25, -0.2) is 0 Å². The first-order chi connectivity index (χ1) is 7.07. The number of hydrogen-bond donors (Lipinski definition) is 1. The summed E-state index contributed by atoms with van der Waals surface area (Å²) >= 11 is 0. The van der Waals surface area contributed by atoms with Crippen LogP contribution >= 0.6 is 0 Å². The van der Waals surface area contributed by atoms with Gasteiger partial charge in [0.25, 0.3) is 0 Å². The van der Waals surface area contributed by atoms with E-state index in [0.717, 1.165) is 18.7 Å². The largest absolute Gasteiger partial charge is 0.497 e. The molecule has 0 aliphatic heterocycles. The van der Waals surface area contributed by atoms with E-state index in [1.54, 1.807) is 7.11 Å². The Kier molecular flexibility index (Phi) is 4.15. The zero-order chi connectivity index (χ0) is 11.3. The Bertz CT molecular complexity index is 290. The molecule has 1 rings (SSSR count). The van der Waals surface area contributed by atoms with E-state index in [9.17, 15) is 0 Å². The molecule has 1 aromatic rings. The minimum atomic E-state index is 0.208. The SMILES string of the molecule is CCC(C)(C)NCc1ccc(OC)cc1. The van der Waals surface area contributed by atoms with E-state index < -0.39 is 0 Å². The van der Waals surface area contributed by atoms with E-state index in [1.165, 1.54) is 5.56 Å². The second-order valence-corrected chi connectivity index (χ2v) is 4.44. The molecule has 0 amide bonds. The molecule has 0 saturated heterocycles. The van der Waals surface area contributed by atoms with Crippen molar-refractivity contribution >= 4 is 0 Å². The lowest BCUT2D eigenvalue weighted by Crippen LogP contribution is -2.37. The highest BCUT2D eigenvalue weighted by Gasteiger charge is 2.12. The summed E-state index contributed by atoms with van der Waals surface area (Å²) in [6.45, 7) is 7.54. The van der Waals surface area contributed by atoms with Crippen molar-refractivity contribution in [2.45, 2.75) is 39.3 Å². The van der Waals surface area contributed by atoms with Crippen LogP contribution in [0.15, 0.2) is 24.3 Å². The third-order valence-electron chi connectivity index (χ3n) is 2.81. The molecule has 2 nitrogen and oxygen atoms in total. The molecule has 0 aromatic heterocycles. The average molecular weight is 207 g/mol. The molecule has 0 radical (unpaired) electrons. The number of rotatable bonds is 5. The van der Waals surface area contributed by atoms with Crippen molar-refractivity contribution in [1.29, 1.82) is 0 Å². The fourth-order valence-electron chi connectivity index (χ4n) is 1.21. The maximum absolute atomic E-state index is 5.12. The zero-order valence-electron chi connectivity index (χ0n) is 10.1. The Balaban J connectivity index is 2.51. The summed E-state index contributed by atoms with van der Waals surface area (Å²) in [5.41, 5.74) is 1.50. The summed E-state index contributed by atoms with van der Waals surface area (Å²) in [6.07, 6.45) is 1.13. The molecule has 0 spiro atoms. The summed E-state index contributed by atoms with van der Waals surface area (Å²) in [7, 11) is 1.69. The Morgan fingerprint density at radius 2 is 1.80 bits per heavy atom. The highest BCUT2D eigenvalue weighted by atomic mass is 16.5. The molecule has 84 valence electrons. The van der Waals surface area contributed by atoms with Gasteiger partial charge in [-0.05, 0) is 38.0 Å². The van der Waals surface area contributed by atoms with Gasteiger partial charge in [0.2, 0.25) is 0 Å². The molecule has 0 aliphatic carbocycles. The third-order valence-corrected chi connectivity index (χ3v) is 2.81. The van der Waals surface area contributed by atoms with Crippen molar-refractivity contribution in [3.8, 4) is 5.75 Å². The lowest BCUT2D eigenvalue weighted by Gasteiger charge is -2.24. The van der Waals surface area contributed by atoms with Crippen LogP contribution in [0.4, 0.5) is 0 Å². The van der Waals surface area contributed by atoms with E-state index in [1.807, 2.05) is 12.1 Å². The molecular formula is C13H21NO. The Morgan fingerprint density at radius 3 is 2.27 bits per heavy atom. The van der Waals surface area contributed by atoms with Gasteiger partial charge in [0.05, 0.1) is 7.11 Å². The van der Waals surface area contributed by atoms with Crippen LogP contribution in [0.3, 0.4) is 0 Å². The highest BCUT2D eigenvalue weighted by molar-refractivity contribution is 5.27. The quantitative estimate of drug-likeness (QED) is 0.801. The van der Waals surface area contributed by atoms with Crippen LogP contribution in [0.5, 0.6) is 5.75 Å². The second kappa shape index (κ2) is 5.17. The predicted octanol–water partition coefficient (Wildman–Crippen LogP) is 2.97. The van der Waals surface area contributed by atoms with Crippen LogP contribution in [-0.4, -0.2) is 12.6 Å². The Morgan fingerprint density at radius 1 is 1.20 bits per heavy atom. The first kappa shape index (κ1) is 12.1. The molecule has 0 aliphatic rings. The lowest BCUT2D eigenvalue weighted by atomic mass is 10.0. The standard InChI is InChI=1S/C13H21NO/c1-5-13(2,3)14-10-11-6-8-12(15-4)9-7-11/h6-9,14H,5,10H2,1-4H3. The van der Waals surface area contributed by atoms with Crippen LogP contribution in [-0.2, 0) is 6.54 Å². The van der Waals surface area contributed by atoms with Crippen LogP contribution in [0.2, 0.25) is 0 Å². The van der Waals surface area contributed by atoms with Crippen LogP contribution in [0.1, 0.15) is 32.8 Å². The number of benzene rings is 1. The van der Waals surface area contributed by atoms with E-state index in [-0.39, 0.29) is 5.54 Å². The summed E-state index contributed by atoms with van der Waals surface area (Å²) in [5.74, 6) is 0.911. The molecule has 2 heteroatoms. The second-order valence-electron chi connectivity index (χ2n) is 4.44. The number of ether oxygens (including phenoxy) is 1. The van der Waals surface area contributed by atoms with Crippen molar-refractivity contribution < 1.29 is 4.74 Å². The molecule has 1 aromatic carbocycles. The van der Waals surface area contributed by atoms with Crippen LogP contribution < -0.4 is 10.1 Å². The lowest BCUT2D eigenvalue weighted by molar-refractivity contribution is 0.374. The van der Waals surface area contributed by atoms with Gasteiger partial charge in [0.15, 0.2) is 0 Å². The van der Waals surface area contributed by atoms with Gasteiger partial charge in [-0.2, -0.15) is 0 Å². The van der Waals surface area contributed by atoms with E-state index in [4.69, 9.17) is 4.74 Å². The molecule has 0 atom stereocenters. The molecule has 0 fully saturated rings. The summed E-state index contributed by atoms with van der Waals surface area (Å²) in [6, 6.07) is 8.18. The number of hydrogen-bond acceptors (Lipinski definition) is 2. The van der Waals surface area contributed by atoms with Gasteiger partial charge in [-0.1, -0.05) is 19.1 Å². The first-order valence-electron chi connectivity index (χ1n) is 5.45. The molecule has 0 unspecified atom stereocenters. The van der Waals surface area contributed by atoms with Crippen molar-refractivity contribution in [3.63, 3.8) is 0 Å². The molecule has 0 heterocycles. The van der Waals surface area contributed by atoms with Gasteiger partial charge in [0.1, 0.15) is 5.75 Å². The summed E-state index contributed by atoms with van der Waals surface area (Å²) in [4.78, 5) is 0. The monoisotopic (exact) mass is 207 g/mol. The van der Waals surface area contributed by atoms with Crippen molar-refractivity contribution in [3.05, 3.63) is 29.8 Å².